The van der Waals surface area contributed by atoms with Crippen LogP contribution in [0.5, 0.6) is 0 Å². The molecule has 0 aliphatic heterocycles. The van der Waals surface area contributed by atoms with Gasteiger partial charge >= 0.3 is 5.97 Å². The van der Waals surface area contributed by atoms with Gasteiger partial charge in [0.15, 0.2) is 5.69 Å². The number of rotatable bonds is 4. The lowest BCUT2D eigenvalue weighted by Crippen LogP contribution is -2.41. The lowest BCUT2D eigenvalue weighted by Gasteiger charge is -2.39. The summed E-state index contributed by atoms with van der Waals surface area (Å²) in [4.78, 5) is 14.8. The first-order chi connectivity index (χ1) is 7.56. The Morgan fingerprint density at radius 3 is 2.75 bits per heavy atom. The van der Waals surface area contributed by atoms with Crippen LogP contribution < -0.4 is 5.73 Å². The van der Waals surface area contributed by atoms with Crippen molar-refractivity contribution in [1.82, 2.24) is 4.98 Å². The first-order valence-electron chi connectivity index (χ1n) is 5.10. The smallest absolute Gasteiger partial charge is 0.357 e. The molecule has 1 saturated carbocycles. The van der Waals surface area contributed by atoms with Crippen LogP contribution in [-0.2, 0) is 11.2 Å². The molecule has 5 nitrogen and oxygen atoms in total. The number of aromatic nitrogens is 1. The highest BCUT2D eigenvalue weighted by Crippen LogP contribution is 2.39. The molecule has 2 rings (SSSR count). The van der Waals surface area contributed by atoms with Crippen molar-refractivity contribution >= 4 is 22.3 Å². The monoisotopic (exact) mass is 242 g/mol. The molecule has 0 spiro atoms. The van der Waals surface area contributed by atoms with Gasteiger partial charge in [0.2, 0.25) is 0 Å². The molecule has 0 radical (unpaired) electrons. The van der Waals surface area contributed by atoms with Crippen molar-refractivity contribution < 1.29 is 14.6 Å². The highest BCUT2D eigenvalue weighted by atomic mass is 32.1. The topological polar surface area (TPSA) is 85.4 Å². The van der Waals surface area contributed by atoms with E-state index in [9.17, 15) is 4.79 Å². The molecule has 1 aromatic rings. The Morgan fingerprint density at radius 1 is 1.69 bits per heavy atom. The number of anilines is 1. The summed E-state index contributed by atoms with van der Waals surface area (Å²) in [6, 6.07) is 0. The van der Waals surface area contributed by atoms with Gasteiger partial charge in [0.25, 0.3) is 0 Å². The lowest BCUT2D eigenvalue weighted by molar-refractivity contribution is -0.0708. The number of carboxylic acid groups (broad SMARTS) is 1. The van der Waals surface area contributed by atoms with E-state index in [-0.39, 0.29) is 16.3 Å². The molecule has 6 heteroatoms. The van der Waals surface area contributed by atoms with Gasteiger partial charge in [-0.05, 0) is 19.3 Å². The average molecular weight is 242 g/mol. The second-order valence-electron chi connectivity index (χ2n) is 4.04. The number of ether oxygens (including phenoxy) is 1. The van der Waals surface area contributed by atoms with Crippen molar-refractivity contribution in [3.8, 4) is 0 Å². The normalized spacial score (nSPS) is 18.1. The van der Waals surface area contributed by atoms with E-state index < -0.39 is 5.97 Å². The summed E-state index contributed by atoms with van der Waals surface area (Å²) in [5.41, 5.74) is 5.42. The summed E-state index contributed by atoms with van der Waals surface area (Å²) in [5.74, 6) is -1.07. The molecule has 1 fully saturated rings. The van der Waals surface area contributed by atoms with Gasteiger partial charge in [-0.25, -0.2) is 9.78 Å². The zero-order valence-corrected chi connectivity index (χ0v) is 9.84. The summed E-state index contributed by atoms with van der Waals surface area (Å²) < 4.78 is 5.47. The quantitative estimate of drug-likeness (QED) is 0.836. The maximum atomic E-state index is 10.8. The van der Waals surface area contributed by atoms with Crippen LogP contribution in [0, 0.1) is 0 Å². The summed E-state index contributed by atoms with van der Waals surface area (Å²) in [5, 5.41) is 9.86. The maximum absolute atomic E-state index is 10.8. The Bertz CT molecular complexity index is 407. The van der Waals surface area contributed by atoms with Gasteiger partial charge in [-0.3, -0.25) is 0 Å². The zero-order chi connectivity index (χ0) is 11.8. The predicted molar refractivity (Wildman–Crippen MR) is 60.8 cm³/mol. The van der Waals surface area contributed by atoms with Crippen molar-refractivity contribution in [1.29, 1.82) is 0 Å². The molecule has 3 N–H and O–H groups in total. The average Bonchev–Trinajstić information content (AvgIpc) is 2.53. The zero-order valence-electron chi connectivity index (χ0n) is 9.02. The summed E-state index contributed by atoms with van der Waals surface area (Å²) in [7, 11) is 1.69. The molecule has 0 unspecified atom stereocenters. The Labute approximate surface area is 97.2 Å². The van der Waals surface area contributed by atoms with Crippen LogP contribution in [0.25, 0.3) is 0 Å². The van der Waals surface area contributed by atoms with Gasteiger partial charge in [0.1, 0.15) is 5.00 Å². The van der Waals surface area contributed by atoms with Crippen molar-refractivity contribution in [2.75, 3.05) is 12.8 Å². The van der Waals surface area contributed by atoms with E-state index in [0.29, 0.717) is 6.42 Å². The fourth-order valence-electron chi connectivity index (χ4n) is 1.91. The van der Waals surface area contributed by atoms with E-state index in [0.717, 1.165) is 24.3 Å². The molecule has 1 aliphatic rings. The molecular weight excluding hydrogens is 228 g/mol. The third kappa shape index (κ3) is 1.90. The predicted octanol–water partition coefficient (Wildman–Crippen LogP) is 1.54. The Hall–Kier alpha value is -1.14. The molecule has 0 amide bonds. The lowest BCUT2D eigenvalue weighted by atomic mass is 9.78. The number of nitrogens with two attached hydrogens (primary N) is 1. The first kappa shape index (κ1) is 11.3. The van der Waals surface area contributed by atoms with Crippen LogP contribution >= 0.6 is 11.3 Å². The molecule has 1 aliphatic carbocycles. The fourth-order valence-corrected chi connectivity index (χ4v) is 2.86. The van der Waals surface area contributed by atoms with Crippen LogP contribution in [0.1, 0.15) is 34.8 Å². The van der Waals surface area contributed by atoms with E-state index in [1.54, 1.807) is 7.11 Å². The minimum atomic E-state index is -1.07. The molecule has 0 bridgehead atoms. The number of aromatic carboxylic acids is 1. The van der Waals surface area contributed by atoms with E-state index >= 15 is 0 Å². The van der Waals surface area contributed by atoms with Crippen LogP contribution in [-0.4, -0.2) is 28.8 Å². The standard InChI is InChI=1S/C10H14N2O3S/c1-15-10(3-2-4-10)5-6-12-7(9(13)14)8(11)16-6/h2-5,11H2,1H3,(H,13,14). The molecule has 0 atom stereocenters. The number of nitrogens with zero attached hydrogens (tertiary/aromatic N) is 1. The first-order valence-corrected chi connectivity index (χ1v) is 5.91. The van der Waals surface area contributed by atoms with E-state index in [2.05, 4.69) is 4.98 Å². The van der Waals surface area contributed by atoms with Crippen molar-refractivity contribution in [3.05, 3.63) is 10.7 Å². The molecule has 1 heterocycles. The number of carboxylic acids is 1. The number of methoxy groups -OCH3 is 1. The van der Waals surface area contributed by atoms with Gasteiger partial charge in [-0.1, -0.05) is 0 Å². The molecule has 0 aromatic carbocycles. The third-order valence-corrected chi connectivity index (χ3v) is 3.96. The number of carbonyl (C=O) groups is 1. The molecule has 88 valence electrons. The van der Waals surface area contributed by atoms with E-state index in [4.69, 9.17) is 15.6 Å². The van der Waals surface area contributed by atoms with Crippen molar-refractivity contribution in [2.24, 2.45) is 0 Å². The van der Waals surface area contributed by atoms with Gasteiger partial charge in [-0.15, -0.1) is 11.3 Å². The third-order valence-electron chi connectivity index (χ3n) is 3.07. The van der Waals surface area contributed by atoms with Gasteiger partial charge < -0.3 is 15.6 Å². The minimum Gasteiger partial charge on any atom is -0.476 e. The molecule has 1 aromatic heterocycles. The second kappa shape index (κ2) is 4.03. The van der Waals surface area contributed by atoms with Crippen LogP contribution in [0.3, 0.4) is 0 Å². The largest absolute Gasteiger partial charge is 0.476 e. The summed E-state index contributed by atoms with van der Waals surface area (Å²) in [6.07, 6.45) is 3.82. The second-order valence-corrected chi connectivity index (χ2v) is 5.16. The van der Waals surface area contributed by atoms with Crippen LogP contribution in [0.15, 0.2) is 0 Å². The van der Waals surface area contributed by atoms with Crippen molar-refractivity contribution in [2.45, 2.75) is 31.3 Å². The van der Waals surface area contributed by atoms with Crippen molar-refractivity contribution in [3.63, 3.8) is 0 Å². The van der Waals surface area contributed by atoms with Gasteiger partial charge in [-0.2, -0.15) is 0 Å². The SMILES string of the molecule is COC1(Cc2nc(C(=O)O)c(N)s2)CCC1. The molecule has 16 heavy (non-hydrogen) atoms. The Kier molecular flexibility index (Phi) is 2.86. The maximum Gasteiger partial charge on any atom is 0.357 e. The van der Waals surface area contributed by atoms with Crippen LogP contribution in [0.2, 0.25) is 0 Å². The van der Waals surface area contributed by atoms with Gasteiger partial charge in [0.05, 0.1) is 10.6 Å². The Morgan fingerprint density at radius 2 is 2.38 bits per heavy atom. The summed E-state index contributed by atoms with van der Waals surface area (Å²) in [6.45, 7) is 0. The van der Waals surface area contributed by atoms with E-state index in [1.807, 2.05) is 0 Å². The Balaban J connectivity index is 2.16. The molecular formula is C10H14N2O3S. The minimum absolute atomic E-state index is 0.0365. The number of hydrogen-bond donors (Lipinski definition) is 2. The highest BCUT2D eigenvalue weighted by Gasteiger charge is 2.38. The van der Waals surface area contributed by atoms with Crippen LogP contribution in [0.4, 0.5) is 5.00 Å². The number of nitrogen functional groups attached to an aromatic ring is 1. The highest BCUT2D eigenvalue weighted by molar-refractivity contribution is 7.15. The number of hydrogen-bond acceptors (Lipinski definition) is 5. The van der Waals surface area contributed by atoms with E-state index in [1.165, 1.54) is 11.3 Å². The number of thiazole rings is 1. The summed E-state index contributed by atoms with van der Waals surface area (Å²) >= 11 is 1.24. The fraction of sp³-hybridized carbons (Fsp3) is 0.600. The van der Waals surface area contributed by atoms with Gasteiger partial charge in [0, 0.05) is 13.5 Å². The molecule has 0 saturated heterocycles.